The second-order valence-corrected chi connectivity index (χ2v) is 6.99. The number of amides is 2. The van der Waals surface area contributed by atoms with Crippen molar-refractivity contribution in [1.82, 2.24) is 9.80 Å². The predicted molar refractivity (Wildman–Crippen MR) is 83.8 cm³/mol. The Balaban J connectivity index is 1.80. The molecule has 0 spiro atoms. The molecule has 2 amide bonds. The molecule has 0 atom stereocenters. The maximum absolute atomic E-state index is 12.6. The van der Waals surface area contributed by atoms with Crippen molar-refractivity contribution in [3.8, 4) is 0 Å². The Morgan fingerprint density at radius 3 is 2.00 bits per heavy atom. The van der Waals surface area contributed by atoms with Crippen LogP contribution in [0.4, 0.5) is 0 Å². The Morgan fingerprint density at radius 2 is 1.48 bits per heavy atom. The Hall–Kier alpha value is -1.06. The molecule has 0 aromatic carbocycles. The third-order valence-electron chi connectivity index (χ3n) is 4.70. The zero-order chi connectivity index (χ0) is 15.2. The second kappa shape index (κ2) is 7.81. The minimum atomic E-state index is 0.145. The van der Waals surface area contributed by atoms with Gasteiger partial charge in [0.1, 0.15) is 0 Å². The Bertz CT molecular complexity index is 352. The first-order valence-electron chi connectivity index (χ1n) is 8.64. The minimum Gasteiger partial charge on any atom is -0.343 e. The molecule has 2 heterocycles. The summed E-state index contributed by atoms with van der Waals surface area (Å²) < 4.78 is 0. The fourth-order valence-electron chi connectivity index (χ4n) is 3.40. The first-order valence-corrected chi connectivity index (χ1v) is 8.64. The van der Waals surface area contributed by atoms with Crippen LogP contribution in [0, 0.1) is 11.8 Å². The highest BCUT2D eigenvalue weighted by Crippen LogP contribution is 2.22. The number of hydrogen-bond acceptors (Lipinski definition) is 2. The number of carbonyl (C=O) groups is 2. The predicted octanol–water partition coefficient (Wildman–Crippen LogP) is 2.67. The number of carbonyl (C=O) groups excluding carboxylic acids is 2. The van der Waals surface area contributed by atoms with Gasteiger partial charge in [-0.05, 0) is 31.6 Å². The van der Waals surface area contributed by atoms with E-state index in [4.69, 9.17) is 0 Å². The molecule has 2 rings (SSSR count). The Labute approximate surface area is 128 Å². The quantitative estimate of drug-likeness (QED) is 0.803. The average Bonchev–Trinajstić information content (AvgIpc) is 2.75. The van der Waals surface area contributed by atoms with Crippen LogP contribution in [0.5, 0.6) is 0 Å². The van der Waals surface area contributed by atoms with E-state index in [9.17, 15) is 9.59 Å². The van der Waals surface area contributed by atoms with Crippen molar-refractivity contribution in [3.05, 3.63) is 0 Å². The lowest BCUT2D eigenvalue weighted by molar-refractivity contribution is -0.141. The van der Waals surface area contributed by atoms with Crippen LogP contribution >= 0.6 is 0 Å². The summed E-state index contributed by atoms with van der Waals surface area (Å²) in [6, 6.07) is 0. The lowest BCUT2D eigenvalue weighted by atomic mass is 9.94. The molecule has 2 aliphatic rings. The molecule has 0 aliphatic carbocycles. The van der Waals surface area contributed by atoms with Gasteiger partial charge in [0.25, 0.3) is 0 Å². The van der Waals surface area contributed by atoms with Crippen LogP contribution in [0.25, 0.3) is 0 Å². The molecule has 0 radical (unpaired) electrons. The average molecular weight is 294 g/mol. The number of rotatable bonds is 3. The fourth-order valence-corrected chi connectivity index (χ4v) is 3.40. The highest BCUT2D eigenvalue weighted by Gasteiger charge is 2.30. The van der Waals surface area contributed by atoms with E-state index in [0.29, 0.717) is 18.2 Å². The van der Waals surface area contributed by atoms with Crippen molar-refractivity contribution in [2.24, 2.45) is 11.8 Å². The largest absolute Gasteiger partial charge is 0.343 e. The van der Waals surface area contributed by atoms with E-state index in [-0.39, 0.29) is 11.8 Å². The highest BCUT2D eigenvalue weighted by atomic mass is 16.2. The zero-order valence-electron chi connectivity index (χ0n) is 13.6. The SMILES string of the molecule is CC(C)CC(=O)N1CCC(C(=O)N2CCCCCC2)CC1. The molecular formula is C17H30N2O2. The molecule has 120 valence electrons. The van der Waals surface area contributed by atoms with E-state index in [0.717, 1.165) is 51.9 Å². The summed E-state index contributed by atoms with van der Waals surface area (Å²) in [5.41, 5.74) is 0. The van der Waals surface area contributed by atoms with Gasteiger partial charge in [-0.1, -0.05) is 26.7 Å². The van der Waals surface area contributed by atoms with Crippen LogP contribution in [0.1, 0.15) is 58.8 Å². The Morgan fingerprint density at radius 1 is 0.905 bits per heavy atom. The van der Waals surface area contributed by atoms with Crippen molar-refractivity contribution in [2.75, 3.05) is 26.2 Å². The van der Waals surface area contributed by atoms with Gasteiger partial charge >= 0.3 is 0 Å². The van der Waals surface area contributed by atoms with E-state index >= 15 is 0 Å². The van der Waals surface area contributed by atoms with Gasteiger partial charge in [0.05, 0.1) is 0 Å². The van der Waals surface area contributed by atoms with E-state index in [1.807, 2.05) is 4.90 Å². The molecule has 2 saturated heterocycles. The van der Waals surface area contributed by atoms with E-state index in [1.165, 1.54) is 12.8 Å². The van der Waals surface area contributed by atoms with Crippen LogP contribution < -0.4 is 0 Å². The minimum absolute atomic E-state index is 0.145. The van der Waals surface area contributed by atoms with E-state index < -0.39 is 0 Å². The molecule has 21 heavy (non-hydrogen) atoms. The van der Waals surface area contributed by atoms with Crippen LogP contribution in [0.2, 0.25) is 0 Å². The number of nitrogens with zero attached hydrogens (tertiary/aromatic N) is 2. The monoisotopic (exact) mass is 294 g/mol. The molecule has 0 unspecified atom stereocenters. The number of hydrogen-bond donors (Lipinski definition) is 0. The van der Waals surface area contributed by atoms with Crippen molar-refractivity contribution < 1.29 is 9.59 Å². The summed E-state index contributed by atoms with van der Waals surface area (Å²) in [5.74, 6) is 1.15. The number of piperidine rings is 1. The summed E-state index contributed by atoms with van der Waals surface area (Å²) >= 11 is 0. The van der Waals surface area contributed by atoms with Crippen molar-refractivity contribution in [1.29, 1.82) is 0 Å². The van der Waals surface area contributed by atoms with E-state index in [2.05, 4.69) is 18.7 Å². The van der Waals surface area contributed by atoms with Crippen molar-refractivity contribution >= 4 is 11.8 Å². The molecule has 0 aromatic rings. The maximum atomic E-state index is 12.6. The van der Waals surface area contributed by atoms with Crippen LogP contribution in [0.3, 0.4) is 0 Å². The summed E-state index contributed by atoms with van der Waals surface area (Å²) in [6.45, 7) is 7.54. The number of likely N-dealkylation sites (tertiary alicyclic amines) is 2. The van der Waals surface area contributed by atoms with Gasteiger partial charge in [-0.2, -0.15) is 0 Å². The molecule has 0 N–H and O–H groups in total. The molecule has 4 heteroatoms. The van der Waals surface area contributed by atoms with E-state index in [1.54, 1.807) is 0 Å². The zero-order valence-corrected chi connectivity index (χ0v) is 13.6. The summed E-state index contributed by atoms with van der Waals surface area (Å²) in [5, 5.41) is 0. The standard InChI is InChI=1S/C17H30N2O2/c1-14(2)13-16(20)18-11-7-15(8-12-18)17(21)19-9-5-3-4-6-10-19/h14-15H,3-13H2,1-2H3. The van der Waals surface area contributed by atoms with Gasteiger partial charge in [0.15, 0.2) is 0 Å². The second-order valence-electron chi connectivity index (χ2n) is 6.99. The Kier molecular flexibility index (Phi) is 6.07. The van der Waals surface area contributed by atoms with Crippen LogP contribution in [-0.4, -0.2) is 47.8 Å². The fraction of sp³-hybridized carbons (Fsp3) is 0.882. The van der Waals surface area contributed by atoms with Crippen LogP contribution in [-0.2, 0) is 9.59 Å². The van der Waals surface area contributed by atoms with Crippen LogP contribution in [0.15, 0.2) is 0 Å². The first kappa shape index (κ1) is 16.3. The lowest BCUT2D eigenvalue weighted by Crippen LogP contribution is -2.44. The van der Waals surface area contributed by atoms with Gasteiger partial charge in [0.2, 0.25) is 11.8 Å². The highest BCUT2D eigenvalue weighted by molar-refractivity contribution is 5.80. The molecular weight excluding hydrogens is 264 g/mol. The lowest BCUT2D eigenvalue weighted by Gasteiger charge is -2.34. The van der Waals surface area contributed by atoms with Crippen molar-refractivity contribution in [3.63, 3.8) is 0 Å². The molecule has 2 fully saturated rings. The maximum Gasteiger partial charge on any atom is 0.225 e. The molecule has 2 aliphatic heterocycles. The molecule has 0 saturated carbocycles. The normalized spacial score (nSPS) is 21.5. The molecule has 0 bridgehead atoms. The van der Waals surface area contributed by atoms with Gasteiger partial charge < -0.3 is 9.80 Å². The van der Waals surface area contributed by atoms with Gasteiger partial charge in [0, 0.05) is 38.5 Å². The summed E-state index contributed by atoms with van der Waals surface area (Å²) in [6.07, 6.45) is 7.13. The molecule has 0 aromatic heterocycles. The van der Waals surface area contributed by atoms with Crippen molar-refractivity contribution in [2.45, 2.75) is 58.8 Å². The smallest absolute Gasteiger partial charge is 0.225 e. The third-order valence-corrected chi connectivity index (χ3v) is 4.70. The van der Waals surface area contributed by atoms with Gasteiger partial charge in [-0.25, -0.2) is 0 Å². The van der Waals surface area contributed by atoms with Gasteiger partial charge in [-0.3, -0.25) is 9.59 Å². The first-order chi connectivity index (χ1) is 10.1. The summed E-state index contributed by atoms with van der Waals surface area (Å²) in [4.78, 5) is 28.7. The summed E-state index contributed by atoms with van der Waals surface area (Å²) in [7, 11) is 0. The molecule has 4 nitrogen and oxygen atoms in total. The third kappa shape index (κ3) is 4.72. The van der Waals surface area contributed by atoms with Gasteiger partial charge in [-0.15, -0.1) is 0 Å². The topological polar surface area (TPSA) is 40.6 Å².